The Morgan fingerprint density at radius 2 is 2.06 bits per heavy atom. The van der Waals surface area contributed by atoms with Crippen LogP contribution in [0.3, 0.4) is 0 Å². The summed E-state index contributed by atoms with van der Waals surface area (Å²) in [6.07, 6.45) is 1.53. The highest BCUT2D eigenvalue weighted by atomic mass is 16.3. The lowest BCUT2D eigenvalue weighted by Gasteiger charge is -2.00. The van der Waals surface area contributed by atoms with Crippen molar-refractivity contribution in [2.24, 2.45) is 5.18 Å². The monoisotopic (exact) mass is 218 g/mol. The molecule has 2 aromatic rings. The number of nitroso groups, excluding NO2 is 1. The van der Waals surface area contributed by atoms with Crippen LogP contribution < -0.4 is 0 Å². The zero-order valence-corrected chi connectivity index (χ0v) is 8.45. The van der Waals surface area contributed by atoms with Gasteiger partial charge >= 0.3 is 0 Å². The molecule has 0 aliphatic heterocycles. The van der Waals surface area contributed by atoms with E-state index in [0.29, 0.717) is 5.82 Å². The molecule has 0 saturated carbocycles. The summed E-state index contributed by atoms with van der Waals surface area (Å²) in [5.74, 6) is 0.374. The zero-order valence-electron chi connectivity index (χ0n) is 8.45. The molecular weight excluding hydrogens is 208 g/mol. The SMILES string of the molecule is O=NCc1ccc(-n2cnc(CO)n2)cc1. The highest BCUT2D eigenvalue weighted by molar-refractivity contribution is 5.33. The van der Waals surface area contributed by atoms with E-state index in [4.69, 9.17) is 5.11 Å². The van der Waals surface area contributed by atoms with Gasteiger partial charge in [-0.1, -0.05) is 17.3 Å². The molecule has 0 spiro atoms. The maximum Gasteiger partial charge on any atom is 0.176 e. The van der Waals surface area contributed by atoms with Gasteiger partial charge in [0.05, 0.1) is 5.69 Å². The number of aliphatic hydroxyl groups excluding tert-OH is 1. The first-order valence-electron chi connectivity index (χ1n) is 4.73. The Labute approximate surface area is 91.5 Å². The van der Waals surface area contributed by atoms with E-state index in [1.165, 1.54) is 6.33 Å². The molecule has 0 aliphatic carbocycles. The molecule has 0 amide bonds. The molecule has 0 fully saturated rings. The molecule has 2 rings (SSSR count). The van der Waals surface area contributed by atoms with Crippen LogP contribution in [0.25, 0.3) is 5.69 Å². The van der Waals surface area contributed by atoms with Crippen molar-refractivity contribution in [3.63, 3.8) is 0 Å². The van der Waals surface area contributed by atoms with Crippen LogP contribution in [0.5, 0.6) is 0 Å². The lowest BCUT2D eigenvalue weighted by atomic mass is 10.2. The smallest absolute Gasteiger partial charge is 0.176 e. The predicted octanol–water partition coefficient (Wildman–Crippen LogP) is 1.03. The van der Waals surface area contributed by atoms with Gasteiger partial charge in [-0.2, -0.15) is 4.91 Å². The van der Waals surface area contributed by atoms with Gasteiger partial charge < -0.3 is 5.11 Å². The molecule has 6 nitrogen and oxygen atoms in total. The molecular formula is C10H10N4O2. The second-order valence-electron chi connectivity index (χ2n) is 3.22. The first-order valence-corrected chi connectivity index (χ1v) is 4.73. The quantitative estimate of drug-likeness (QED) is 0.777. The fraction of sp³-hybridized carbons (Fsp3) is 0.200. The fourth-order valence-electron chi connectivity index (χ4n) is 1.32. The Balaban J connectivity index is 2.23. The average molecular weight is 218 g/mol. The van der Waals surface area contributed by atoms with Gasteiger partial charge in [0.25, 0.3) is 0 Å². The molecule has 82 valence electrons. The zero-order chi connectivity index (χ0) is 11.4. The van der Waals surface area contributed by atoms with Crippen molar-refractivity contribution in [1.82, 2.24) is 14.8 Å². The Kier molecular flexibility index (Phi) is 3.02. The van der Waals surface area contributed by atoms with Gasteiger partial charge in [0, 0.05) is 0 Å². The molecule has 0 unspecified atom stereocenters. The van der Waals surface area contributed by atoms with E-state index in [-0.39, 0.29) is 13.2 Å². The number of aliphatic hydroxyl groups is 1. The molecule has 6 heteroatoms. The predicted molar refractivity (Wildman–Crippen MR) is 56.8 cm³/mol. The summed E-state index contributed by atoms with van der Waals surface area (Å²) in [4.78, 5) is 14.0. The summed E-state index contributed by atoms with van der Waals surface area (Å²) >= 11 is 0. The summed E-state index contributed by atoms with van der Waals surface area (Å²) in [7, 11) is 0. The van der Waals surface area contributed by atoms with Crippen molar-refractivity contribution in [3.05, 3.63) is 46.9 Å². The minimum Gasteiger partial charge on any atom is -0.388 e. The van der Waals surface area contributed by atoms with E-state index in [1.54, 1.807) is 16.8 Å². The number of benzene rings is 1. The van der Waals surface area contributed by atoms with E-state index in [2.05, 4.69) is 15.3 Å². The van der Waals surface area contributed by atoms with Crippen molar-refractivity contribution in [1.29, 1.82) is 0 Å². The molecule has 0 atom stereocenters. The molecule has 1 aromatic carbocycles. The second kappa shape index (κ2) is 4.63. The number of nitrogens with zero attached hydrogens (tertiary/aromatic N) is 4. The highest BCUT2D eigenvalue weighted by Crippen LogP contribution is 2.09. The van der Waals surface area contributed by atoms with Gasteiger partial charge in [-0.15, -0.1) is 5.10 Å². The van der Waals surface area contributed by atoms with Crippen LogP contribution in [0.15, 0.2) is 35.8 Å². The van der Waals surface area contributed by atoms with Crippen LogP contribution in [0.1, 0.15) is 11.4 Å². The van der Waals surface area contributed by atoms with E-state index >= 15 is 0 Å². The largest absolute Gasteiger partial charge is 0.388 e. The normalized spacial score (nSPS) is 10.3. The summed E-state index contributed by atoms with van der Waals surface area (Å²) in [5, 5.41) is 15.7. The van der Waals surface area contributed by atoms with Crippen LogP contribution in [0.4, 0.5) is 0 Å². The van der Waals surface area contributed by atoms with Crippen LogP contribution in [0, 0.1) is 4.91 Å². The Bertz CT molecular complexity index is 478. The molecule has 0 aliphatic rings. The molecule has 1 heterocycles. The van der Waals surface area contributed by atoms with Gasteiger partial charge in [-0.05, 0) is 17.7 Å². The Morgan fingerprint density at radius 1 is 1.31 bits per heavy atom. The third-order valence-electron chi connectivity index (χ3n) is 2.13. The molecule has 16 heavy (non-hydrogen) atoms. The van der Waals surface area contributed by atoms with E-state index in [9.17, 15) is 4.91 Å². The third kappa shape index (κ3) is 2.12. The highest BCUT2D eigenvalue weighted by Gasteiger charge is 2.01. The lowest BCUT2D eigenvalue weighted by Crippen LogP contribution is -1.96. The molecule has 1 aromatic heterocycles. The minimum atomic E-state index is -0.180. The molecule has 1 N–H and O–H groups in total. The number of aromatic nitrogens is 3. The van der Waals surface area contributed by atoms with Crippen LogP contribution in [-0.4, -0.2) is 19.9 Å². The molecule has 0 radical (unpaired) electrons. The topological polar surface area (TPSA) is 80.4 Å². The summed E-state index contributed by atoms with van der Waals surface area (Å²) in [6.45, 7) is -0.0142. The van der Waals surface area contributed by atoms with Crippen molar-refractivity contribution in [2.75, 3.05) is 0 Å². The fourth-order valence-corrected chi connectivity index (χ4v) is 1.32. The van der Waals surface area contributed by atoms with Crippen molar-refractivity contribution >= 4 is 0 Å². The summed E-state index contributed by atoms with van der Waals surface area (Å²) in [6, 6.07) is 7.24. The number of hydrogen-bond acceptors (Lipinski definition) is 5. The first kappa shape index (κ1) is 10.4. The van der Waals surface area contributed by atoms with Crippen LogP contribution >= 0.6 is 0 Å². The van der Waals surface area contributed by atoms with Crippen LogP contribution in [-0.2, 0) is 13.2 Å². The van der Waals surface area contributed by atoms with Gasteiger partial charge in [0.15, 0.2) is 5.82 Å². The summed E-state index contributed by atoms with van der Waals surface area (Å²) < 4.78 is 1.56. The van der Waals surface area contributed by atoms with Crippen molar-refractivity contribution in [3.8, 4) is 5.69 Å². The lowest BCUT2D eigenvalue weighted by molar-refractivity contribution is 0.271. The third-order valence-corrected chi connectivity index (χ3v) is 2.13. The first-order chi connectivity index (χ1) is 7.83. The van der Waals surface area contributed by atoms with E-state index < -0.39 is 0 Å². The van der Waals surface area contributed by atoms with Crippen molar-refractivity contribution < 1.29 is 5.11 Å². The van der Waals surface area contributed by atoms with Gasteiger partial charge in [0.1, 0.15) is 19.5 Å². The summed E-state index contributed by atoms with van der Waals surface area (Å²) in [5.41, 5.74) is 1.67. The molecule has 0 bridgehead atoms. The Hall–Kier alpha value is -2.08. The van der Waals surface area contributed by atoms with E-state index in [0.717, 1.165) is 11.3 Å². The second-order valence-corrected chi connectivity index (χ2v) is 3.22. The van der Waals surface area contributed by atoms with Gasteiger partial charge in [-0.3, -0.25) is 0 Å². The van der Waals surface area contributed by atoms with Crippen LogP contribution in [0.2, 0.25) is 0 Å². The molecule has 0 saturated heterocycles. The standard InChI is InChI=1S/C10H10N4O2/c15-6-10-11-7-14(13-10)9-3-1-8(2-4-9)5-12-16/h1-4,7,15H,5-6H2. The maximum atomic E-state index is 10.1. The number of hydrogen-bond donors (Lipinski definition) is 1. The minimum absolute atomic E-state index is 0.166. The number of rotatable bonds is 4. The van der Waals surface area contributed by atoms with Gasteiger partial charge in [0.2, 0.25) is 0 Å². The van der Waals surface area contributed by atoms with Gasteiger partial charge in [-0.25, -0.2) is 9.67 Å². The van der Waals surface area contributed by atoms with E-state index in [1.807, 2.05) is 12.1 Å². The van der Waals surface area contributed by atoms with Crippen molar-refractivity contribution in [2.45, 2.75) is 13.2 Å². The Morgan fingerprint density at radius 3 is 2.62 bits per heavy atom. The average Bonchev–Trinajstić information content (AvgIpc) is 2.79. The maximum absolute atomic E-state index is 10.1.